The summed E-state index contributed by atoms with van der Waals surface area (Å²) in [6, 6.07) is 3.92. The summed E-state index contributed by atoms with van der Waals surface area (Å²) in [5.74, 6) is 0.969. The second-order valence-corrected chi connectivity index (χ2v) is 8.50. The lowest BCUT2D eigenvalue weighted by Gasteiger charge is -2.37. The Morgan fingerprint density at radius 2 is 1.78 bits per heavy atom. The predicted octanol–water partition coefficient (Wildman–Crippen LogP) is 1.96. The normalized spacial score (nSPS) is 19.2. The molecule has 2 saturated heterocycles. The topological polar surface area (TPSA) is 110 Å². The minimum absolute atomic E-state index is 0.107. The molecule has 0 spiro atoms. The first-order valence-electron chi connectivity index (χ1n) is 11.2. The summed E-state index contributed by atoms with van der Waals surface area (Å²) in [6.07, 6.45) is 10.7. The van der Waals surface area contributed by atoms with Crippen molar-refractivity contribution in [2.45, 2.75) is 32.2 Å². The number of carbonyl (C=O) groups is 1. The first-order chi connectivity index (χ1) is 15.6. The van der Waals surface area contributed by atoms with E-state index >= 15 is 0 Å². The molecule has 0 aliphatic carbocycles. The van der Waals surface area contributed by atoms with Crippen molar-refractivity contribution in [2.75, 3.05) is 39.0 Å². The maximum atomic E-state index is 13.1. The number of rotatable bonds is 6. The van der Waals surface area contributed by atoms with Gasteiger partial charge in [0.25, 0.3) is 0 Å². The van der Waals surface area contributed by atoms with E-state index in [1.165, 1.54) is 0 Å². The number of aromatic nitrogens is 3. The summed E-state index contributed by atoms with van der Waals surface area (Å²) in [5.41, 5.74) is 8.52. The van der Waals surface area contributed by atoms with Gasteiger partial charge >= 0.3 is 0 Å². The SMILES string of the molecule is CON=C(c1cccnc1)C1CCN(C(=O)C2CCN(Cc3cnc(N)nc3)CC2)CC1. The minimum Gasteiger partial charge on any atom is -0.399 e. The van der Waals surface area contributed by atoms with Crippen LogP contribution >= 0.6 is 0 Å². The largest absolute Gasteiger partial charge is 0.399 e. The third-order valence-electron chi connectivity index (χ3n) is 6.41. The van der Waals surface area contributed by atoms with Crippen LogP contribution in [0.5, 0.6) is 0 Å². The molecule has 1 amide bonds. The summed E-state index contributed by atoms with van der Waals surface area (Å²) in [6.45, 7) is 4.12. The van der Waals surface area contributed by atoms with Crippen molar-refractivity contribution in [1.82, 2.24) is 24.8 Å². The van der Waals surface area contributed by atoms with Crippen LogP contribution in [-0.4, -0.2) is 69.7 Å². The van der Waals surface area contributed by atoms with E-state index in [1.54, 1.807) is 25.7 Å². The molecule has 2 aliphatic rings. The van der Waals surface area contributed by atoms with Crippen LogP contribution in [0, 0.1) is 11.8 Å². The van der Waals surface area contributed by atoms with Gasteiger partial charge in [-0.15, -0.1) is 0 Å². The second kappa shape index (κ2) is 10.5. The predicted molar refractivity (Wildman–Crippen MR) is 122 cm³/mol. The molecule has 0 atom stereocenters. The van der Waals surface area contributed by atoms with E-state index in [-0.39, 0.29) is 11.8 Å². The molecule has 2 aliphatic heterocycles. The van der Waals surface area contributed by atoms with E-state index in [2.05, 4.69) is 25.0 Å². The lowest BCUT2D eigenvalue weighted by Crippen LogP contribution is -2.46. The van der Waals surface area contributed by atoms with E-state index in [4.69, 9.17) is 10.6 Å². The number of nitrogens with zero attached hydrogens (tertiary/aromatic N) is 6. The number of piperidine rings is 2. The fourth-order valence-corrected chi connectivity index (χ4v) is 4.65. The number of nitrogens with two attached hydrogens (primary N) is 1. The smallest absolute Gasteiger partial charge is 0.225 e. The highest BCUT2D eigenvalue weighted by molar-refractivity contribution is 6.01. The summed E-state index contributed by atoms with van der Waals surface area (Å²) in [4.78, 5) is 35.0. The van der Waals surface area contributed by atoms with E-state index < -0.39 is 0 Å². The van der Waals surface area contributed by atoms with Gasteiger partial charge in [0.2, 0.25) is 11.9 Å². The van der Waals surface area contributed by atoms with Gasteiger partial charge in [0.05, 0.1) is 5.71 Å². The fourth-order valence-electron chi connectivity index (χ4n) is 4.65. The number of amides is 1. The first kappa shape index (κ1) is 22.1. The third kappa shape index (κ3) is 5.40. The first-order valence-corrected chi connectivity index (χ1v) is 11.2. The highest BCUT2D eigenvalue weighted by atomic mass is 16.6. The average Bonchev–Trinajstić information content (AvgIpc) is 2.85. The van der Waals surface area contributed by atoms with Crippen molar-refractivity contribution in [3.8, 4) is 0 Å². The van der Waals surface area contributed by atoms with Crippen molar-refractivity contribution in [1.29, 1.82) is 0 Å². The van der Waals surface area contributed by atoms with Crippen LogP contribution in [0.1, 0.15) is 36.8 Å². The molecule has 2 aromatic rings. The zero-order valence-electron chi connectivity index (χ0n) is 18.6. The van der Waals surface area contributed by atoms with Crippen LogP contribution in [0.4, 0.5) is 5.95 Å². The van der Waals surface area contributed by atoms with Gasteiger partial charge in [0, 0.05) is 67.4 Å². The molecule has 4 rings (SSSR count). The summed E-state index contributed by atoms with van der Waals surface area (Å²) in [7, 11) is 1.57. The maximum absolute atomic E-state index is 13.1. The quantitative estimate of drug-likeness (QED) is 0.543. The number of likely N-dealkylation sites (tertiary alicyclic amines) is 2. The van der Waals surface area contributed by atoms with Crippen LogP contribution < -0.4 is 5.73 Å². The van der Waals surface area contributed by atoms with Gasteiger partial charge in [-0.25, -0.2) is 9.97 Å². The molecule has 170 valence electrons. The number of oxime groups is 1. The van der Waals surface area contributed by atoms with Gasteiger partial charge in [-0.2, -0.15) is 0 Å². The Labute approximate surface area is 188 Å². The summed E-state index contributed by atoms with van der Waals surface area (Å²) >= 11 is 0. The summed E-state index contributed by atoms with van der Waals surface area (Å²) in [5, 5.41) is 4.28. The summed E-state index contributed by atoms with van der Waals surface area (Å²) < 4.78 is 0. The van der Waals surface area contributed by atoms with Crippen molar-refractivity contribution in [3.63, 3.8) is 0 Å². The monoisotopic (exact) mass is 437 g/mol. The van der Waals surface area contributed by atoms with Crippen LogP contribution in [0.25, 0.3) is 0 Å². The molecule has 0 aromatic carbocycles. The molecule has 2 aromatic heterocycles. The van der Waals surface area contributed by atoms with Gasteiger partial charge in [-0.3, -0.25) is 14.7 Å². The van der Waals surface area contributed by atoms with Crippen LogP contribution in [0.3, 0.4) is 0 Å². The van der Waals surface area contributed by atoms with E-state index in [1.807, 2.05) is 23.2 Å². The Morgan fingerprint density at radius 3 is 2.41 bits per heavy atom. The Kier molecular flexibility index (Phi) is 7.26. The van der Waals surface area contributed by atoms with Crippen molar-refractivity contribution in [3.05, 3.63) is 48.0 Å². The van der Waals surface area contributed by atoms with E-state index in [0.717, 1.165) is 75.2 Å². The van der Waals surface area contributed by atoms with Crippen molar-refractivity contribution >= 4 is 17.6 Å². The fraction of sp³-hybridized carbons (Fsp3) is 0.522. The minimum atomic E-state index is 0.107. The molecule has 2 N–H and O–H groups in total. The molecule has 2 fully saturated rings. The number of hydrogen-bond acceptors (Lipinski definition) is 8. The lowest BCUT2D eigenvalue weighted by atomic mass is 9.87. The van der Waals surface area contributed by atoms with Crippen LogP contribution in [-0.2, 0) is 16.2 Å². The number of pyridine rings is 1. The van der Waals surface area contributed by atoms with E-state index in [9.17, 15) is 4.79 Å². The Bertz CT molecular complexity index is 904. The zero-order valence-corrected chi connectivity index (χ0v) is 18.6. The van der Waals surface area contributed by atoms with Gasteiger partial charge in [-0.05, 0) is 50.9 Å². The third-order valence-corrected chi connectivity index (χ3v) is 6.41. The molecule has 32 heavy (non-hydrogen) atoms. The molecular weight excluding hydrogens is 406 g/mol. The molecule has 0 radical (unpaired) electrons. The molecular formula is C23H31N7O2. The van der Waals surface area contributed by atoms with E-state index in [0.29, 0.717) is 11.9 Å². The molecule has 0 saturated carbocycles. The number of carbonyl (C=O) groups excluding carboxylic acids is 1. The van der Waals surface area contributed by atoms with Crippen molar-refractivity contribution in [2.24, 2.45) is 17.0 Å². The average molecular weight is 438 g/mol. The number of anilines is 1. The Morgan fingerprint density at radius 1 is 1.09 bits per heavy atom. The Balaban J connectivity index is 1.26. The van der Waals surface area contributed by atoms with Gasteiger partial charge in [0.15, 0.2) is 0 Å². The highest BCUT2D eigenvalue weighted by Gasteiger charge is 2.32. The highest BCUT2D eigenvalue weighted by Crippen LogP contribution is 2.26. The molecule has 4 heterocycles. The second-order valence-electron chi connectivity index (χ2n) is 8.50. The van der Waals surface area contributed by atoms with Gasteiger partial charge in [0.1, 0.15) is 7.11 Å². The van der Waals surface area contributed by atoms with Crippen LogP contribution in [0.15, 0.2) is 42.1 Å². The maximum Gasteiger partial charge on any atom is 0.225 e. The molecule has 0 bridgehead atoms. The van der Waals surface area contributed by atoms with Gasteiger partial charge in [-0.1, -0.05) is 5.16 Å². The lowest BCUT2D eigenvalue weighted by molar-refractivity contribution is -0.138. The zero-order chi connectivity index (χ0) is 22.3. The molecule has 0 unspecified atom stereocenters. The molecule has 9 heteroatoms. The van der Waals surface area contributed by atoms with Crippen LogP contribution in [0.2, 0.25) is 0 Å². The molecule has 9 nitrogen and oxygen atoms in total. The van der Waals surface area contributed by atoms with Crippen molar-refractivity contribution < 1.29 is 9.63 Å². The number of hydrogen-bond donors (Lipinski definition) is 1. The Hall–Kier alpha value is -3.07. The standard InChI is InChI=1S/C23H31N7O2/c1-32-28-21(20-3-2-8-25-15-20)18-6-11-30(12-7-18)22(31)19-4-9-29(10-5-19)16-17-13-26-23(24)27-14-17/h2-3,8,13-15,18-19H,4-7,9-12,16H2,1H3,(H2,24,26,27). The number of nitrogen functional groups attached to an aromatic ring is 1. The van der Waals surface area contributed by atoms with Gasteiger partial charge < -0.3 is 15.5 Å².